The first-order chi connectivity index (χ1) is 7.00. The van der Waals surface area contributed by atoms with Crippen molar-refractivity contribution in [3.05, 3.63) is 18.2 Å². The van der Waals surface area contributed by atoms with Crippen LogP contribution in [-0.2, 0) is 10.1 Å². The fourth-order valence-corrected chi connectivity index (χ4v) is 3.11. The summed E-state index contributed by atoms with van der Waals surface area (Å²) in [6.45, 7) is 2.06. The van der Waals surface area contributed by atoms with E-state index in [0.717, 1.165) is 17.0 Å². The average molecular weight is 245 g/mol. The van der Waals surface area contributed by atoms with Gasteiger partial charge in [-0.25, -0.2) is 0 Å². The van der Waals surface area contributed by atoms with Crippen LogP contribution in [0.15, 0.2) is 28.0 Å². The molecule has 6 heteroatoms. The molecule has 1 aliphatic heterocycles. The highest BCUT2D eigenvalue weighted by Crippen LogP contribution is 2.40. The Labute approximate surface area is 92.8 Å². The molecule has 0 amide bonds. The number of benzene rings is 1. The lowest BCUT2D eigenvalue weighted by Gasteiger charge is -2.04. The standard InChI is InChI=1S/C9H11NO3S2/c1-2-9-10-7-4-3-6(15(11,12)13)5-8(7)14-9/h3-5,9-10H,2H2,1H3,(H,11,12,13). The van der Waals surface area contributed by atoms with Gasteiger partial charge in [0.2, 0.25) is 0 Å². The third-order valence-corrected chi connectivity index (χ3v) is 4.38. The van der Waals surface area contributed by atoms with Crippen LogP contribution >= 0.6 is 11.8 Å². The summed E-state index contributed by atoms with van der Waals surface area (Å²) in [6, 6.07) is 4.58. The summed E-state index contributed by atoms with van der Waals surface area (Å²) in [5.41, 5.74) is 0.930. The predicted octanol–water partition coefficient (Wildman–Crippen LogP) is 2.19. The predicted molar refractivity (Wildman–Crippen MR) is 59.8 cm³/mol. The molecule has 1 unspecified atom stereocenters. The van der Waals surface area contributed by atoms with E-state index in [0.29, 0.717) is 0 Å². The Morgan fingerprint density at radius 3 is 2.87 bits per heavy atom. The van der Waals surface area contributed by atoms with Crippen molar-refractivity contribution in [1.82, 2.24) is 0 Å². The first-order valence-corrected chi connectivity index (χ1v) is 6.87. The highest BCUT2D eigenvalue weighted by molar-refractivity contribution is 8.00. The van der Waals surface area contributed by atoms with Gasteiger partial charge in [0.05, 0.1) is 10.3 Å². The second-order valence-corrected chi connectivity index (χ2v) is 5.96. The zero-order valence-corrected chi connectivity index (χ0v) is 9.73. The van der Waals surface area contributed by atoms with E-state index in [4.69, 9.17) is 4.55 Å². The minimum atomic E-state index is -4.09. The first kappa shape index (κ1) is 10.8. The van der Waals surface area contributed by atoms with Gasteiger partial charge in [-0.3, -0.25) is 4.55 Å². The Morgan fingerprint density at radius 2 is 2.27 bits per heavy atom. The van der Waals surface area contributed by atoms with E-state index in [1.807, 2.05) is 0 Å². The van der Waals surface area contributed by atoms with Crippen molar-refractivity contribution >= 4 is 27.6 Å². The van der Waals surface area contributed by atoms with Crippen LogP contribution < -0.4 is 5.32 Å². The minimum Gasteiger partial charge on any atom is -0.372 e. The zero-order chi connectivity index (χ0) is 11.1. The van der Waals surface area contributed by atoms with Crippen molar-refractivity contribution in [3.63, 3.8) is 0 Å². The van der Waals surface area contributed by atoms with Crippen LogP contribution in [-0.4, -0.2) is 18.3 Å². The average Bonchev–Trinajstić information content (AvgIpc) is 2.57. The van der Waals surface area contributed by atoms with Gasteiger partial charge in [-0.15, -0.1) is 0 Å². The third kappa shape index (κ3) is 2.11. The molecule has 0 aromatic heterocycles. The summed E-state index contributed by atoms with van der Waals surface area (Å²) in [5, 5.41) is 3.54. The van der Waals surface area contributed by atoms with Gasteiger partial charge < -0.3 is 5.32 Å². The molecule has 1 aromatic rings. The van der Waals surface area contributed by atoms with E-state index < -0.39 is 10.1 Å². The van der Waals surface area contributed by atoms with Crippen molar-refractivity contribution < 1.29 is 13.0 Å². The molecule has 15 heavy (non-hydrogen) atoms. The smallest absolute Gasteiger partial charge is 0.294 e. The lowest BCUT2D eigenvalue weighted by atomic mass is 10.3. The fourth-order valence-electron chi connectivity index (χ4n) is 1.42. The van der Waals surface area contributed by atoms with Crippen LogP contribution in [0.3, 0.4) is 0 Å². The molecule has 0 saturated heterocycles. The van der Waals surface area contributed by atoms with Crippen LogP contribution in [0.25, 0.3) is 0 Å². The number of hydrogen-bond acceptors (Lipinski definition) is 4. The van der Waals surface area contributed by atoms with E-state index in [-0.39, 0.29) is 10.3 Å². The summed E-state index contributed by atoms with van der Waals surface area (Å²) in [7, 11) is -4.09. The normalized spacial score (nSPS) is 19.7. The molecule has 4 nitrogen and oxygen atoms in total. The van der Waals surface area contributed by atoms with Gasteiger partial charge >= 0.3 is 0 Å². The van der Waals surface area contributed by atoms with Crippen molar-refractivity contribution in [1.29, 1.82) is 0 Å². The largest absolute Gasteiger partial charge is 0.372 e. The van der Waals surface area contributed by atoms with Crippen molar-refractivity contribution in [2.75, 3.05) is 5.32 Å². The number of fused-ring (bicyclic) bond motifs is 1. The maximum Gasteiger partial charge on any atom is 0.294 e. The van der Waals surface area contributed by atoms with Gasteiger partial charge in [0, 0.05) is 10.6 Å². The Morgan fingerprint density at radius 1 is 1.53 bits per heavy atom. The zero-order valence-electron chi connectivity index (χ0n) is 8.10. The van der Waals surface area contributed by atoms with Gasteiger partial charge in [-0.1, -0.05) is 18.7 Å². The Balaban J connectivity index is 2.39. The molecule has 82 valence electrons. The van der Waals surface area contributed by atoms with Gasteiger partial charge in [0.25, 0.3) is 10.1 Å². The monoisotopic (exact) mass is 245 g/mol. The Bertz CT molecular complexity index is 484. The summed E-state index contributed by atoms with van der Waals surface area (Å²) in [5.74, 6) is 0. The molecule has 1 aliphatic rings. The molecular weight excluding hydrogens is 234 g/mol. The fraction of sp³-hybridized carbons (Fsp3) is 0.333. The van der Waals surface area contributed by atoms with E-state index in [2.05, 4.69) is 12.2 Å². The van der Waals surface area contributed by atoms with Crippen LogP contribution in [0.1, 0.15) is 13.3 Å². The molecule has 0 radical (unpaired) electrons. The van der Waals surface area contributed by atoms with Gasteiger partial charge in [0.15, 0.2) is 0 Å². The molecule has 0 bridgehead atoms. The molecule has 1 heterocycles. The Hall–Kier alpha value is -0.720. The molecule has 0 spiro atoms. The van der Waals surface area contributed by atoms with E-state index in [1.54, 1.807) is 17.8 Å². The molecule has 0 saturated carbocycles. The number of thioether (sulfide) groups is 1. The number of hydrogen-bond donors (Lipinski definition) is 2. The lowest BCUT2D eigenvalue weighted by Crippen LogP contribution is -2.07. The molecule has 0 aliphatic carbocycles. The summed E-state index contributed by atoms with van der Waals surface area (Å²) >= 11 is 1.58. The highest BCUT2D eigenvalue weighted by atomic mass is 32.2. The number of nitrogens with one attached hydrogen (secondary N) is 1. The summed E-state index contributed by atoms with van der Waals surface area (Å²) < 4.78 is 30.7. The van der Waals surface area contributed by atoms with Crippen molar-refractivity contribution in [2.24, 2.45) is 0 Å². The summed E-state index contributed by atoms with van der Waals surface area (Å²) in [4.78, 5) is 0.823. The van der Waals surface area contributed by atoms with Crippen LogP contribution in [0.5, 0.6) is 0 Å². The molecular formula is C9H11NO3S2. The molecule has 0 fully saturated rings. The van der Waals surface area contributed by atoms with Crippen molar-refractivity contribution in [2.45, 2.75) is 28.5 Å². The minimum absolute atomic E-state index is 0.0488. The van der Waals surface area contributed by atoms with E-state index in [1.165, 1.54) is 12.1 Å². The van der Waals surface area contributed by atoms with Gasteiger partial charge in [-0.05, 0) is 24.6 Å². The summed E-state index contributed by atoms with van der Waals surface area (Å²) in [6.07, 6.45) is 0.959. The van der Waals surface area contributed by atoms with Crippen molar-refractivity contribution in [3.8, 4) is 0 Å². The topological polar surface area (TPSA) is 66.4 Å². The lowest BCUT2D eigenvalue weighted by molar-refractivity contribution is 0.483. The molecule has 2 N–H and O–H groups in total. The second kappa shape index (κ2) is 3.70. The number of rotatable bonds is 2. The molecule has 1 atom stereocenters. The second-order valence-electron chi connectivity index (χ2n) is 3.29. The maximum absolute atomic E-state index is 10.9. The van der Waals surface area contributed by atoms with E-state index >= 15 is 0 Å². The number of anilines is 1. The molecule has 2 rings (SSSR count). The first-order valence-electron chi connectivity index (χ1n) is 4.55. The Kier molecular flexibility index (Phi) is 2.66. The maximum atomic E-state index is 10.9. The van der Waals surface area contributed by atoms with E-state index in [9.17, 15) is 8.42 Å². The highest BCUT2D eigenvalue weighted by Gasteiger charge is 2.21. The SMILES string of the molecule is CCC1Nc2ccc(S(=O)(=O)O)cc2S1. The van der Waals surface area contributed by atoms with Crippen LogP contribution in [0.4, 0.5) is 5.69 Å². The molecule has 1 aromatic carbocycles. The third-order valence-electron chi connectivity index (χ3n) is 2.21. The van der Waals surface area contributed by atoms with Gasteiger partial charge in [-0.2, -0.15) is 8.42 Å². The van der Waals surface area contributed by atoms with Crippen LogP contribution in [0, 0.1) is 0 Å². The quantitative estimate of drug-likeness (QED) is 0.782. The van der Waals surface area contributed by atoms with Gasteiger partial charge in [0.1, 0.15) is 0 Å². The van der Waals surface area contributed by atoms with Crippen LogP contribution in [0.2, 0.25) is 0 Å².